The van der Waals surface area contributed by atoms with Crippen molar-refractivity contribution in [3.63, 3.8) is 0 Å². The van der Waals surface area contributed by atoms with E-state index in [9.17, 15) is 0 Å². The predicted molar refractivity (Wildman–Crippen MR) is 46.3 cm³/mol. The minimum atomic E-state index is -0.176. The zero-order valence-corrected chi connectivity index (χ0v) is 7.90. The fraction of sp³-hybridized carbons (Fsp3) is 0.667. The monoisotopic (exact) mass is 217 g/mol. The first-order valence-corrected chi connectivity index (χ1v) is 4.19. The quantitative estimate of drug-likeness (QED) is 0.185. The molecule has 2 rings (SSSR count). The maximum atomic E-state index is 4.87. The Bertz CT molecular complexity index is 264. The van der Waals surface area contributed by atoms with Crippen molar-refractivity contribution >= 4 is 13.4 Å². The highest BCUT2D eigenvalue weighted by Crippen LogP contribution is 2.15. The van der Waals surface area contributed by atoms with E-state index in [1.807, 2.05) is 5.64 Å². The van der Waals surface area contributed by atoms with E-state index >= 15 is 0 Å². The molecular weight excluding hydrogens is 206 g/mol. The Morgan fingerprint density at radius 2 is 2.07 bits per heavy atom. The van der Waals surface area contributed by atoms with Gasteiger partial charge in [-0.2, -0.15) is 4.94 Å². The van der Waals surface area contributed by atoms with Crippen LogP contribution in [0.1, 0.15) is 0 Å². The van der Waals surface area contributed by atoms with E-state index < -0.39 is 0 Å². The number of hydrogen-bond donors (Lipinski definition) is 1. The second-order valence-corrected chi connectivity index (χ2v) is 2.83. The van der Waals surface area contributed by atoms with Crippen LogP contribution in [0.25, 0.3) is 11.0 Å². The predicted octanol–water partition coefficient (Wildman–Crippen LogP) is -1.01. The summed E-state index contributed by atoms with van der Waals surface area (Å²) < 4.78 is 10.9. The van der Waals surface area contributed by atoms with Gasteiger partial charge in [0.2, 0.25) is 0 Å². The average Bonchev–Trinajstić information content (AvgIpc) is 3.00. The lowest BCUT2D eigenvalue weighted by atomic mass is 10.8. The zero-order chi connectivity index (χ0) is 10.7. The Morgan fingerprint density at radius 3 is 2.67 bits per heavy atom. The smallest absolute Gasteiger partial charge is 0.278 e. The molecular formula is C6H11N5O4. The van der Waals surface area contributed by atoms with Crippen LogP contribution < -0.4 is 5.64 Å². The van der Waals surface area contributed by atoms with Crippen LogP contribution >= 0.6 is 0 Å². The van der Waals surface area contributed by atoms with E-state index in [1.165, 1.54) is 4.68 Å². The Labute approximate surface area is 85.6 Å². The molecule has 0 aromatic heterocycles. The molecule has 1 N–H and O–H groups in total. The summed E-state index contributed by atoms with van der Waals surface area (Å²) in [7, 11) is 0. The van der Waals surface area contributed by atoms with Crippen molar-refractivity contribution in [2.24, 2.45) is 0 Å². The fourth-order valence-corrected chi connectivity index (χ4v) is 0.673. The first-order chi connectivity index (χ1) is 7.25. The second kappa shape index (κ2) is 4.40. The molecule has 84 valence electrons. The summed E-state index contributed by atoms with van der Waals surface area (Å²) in [5, 5.41) is 0. The van der Waals surface area contributed by atoms with Gasteiger partial charge in [-0.05, 0) is 4.85 Å². The van der Waals surface area contributed by atoms with Crippen LogP contribution in [-0.4, -0.2) is 48.6 Å². The molecule has 2 aliphatic rings. The van der Waals surface area contributed by atoms with Crippen LogP contribution in [0.15, 0.2) is 0 Å². The van der Waals surface area contributed by atoms with Crippen LogP contribution in [0.3, 0.4) is 0 Å². The molecule has 0 radical (unpaired) electrons. The number of nitrogens with zero attached hydrogens (tertiary/aromatic N) is 4. The van der Waals surface area contributed by atoms with Crippen LogP contribution in [-0.2, 0) is 19.4 Å². The lowest BCUT2D eigenvalue weighted by Gasteiger charge is -2.15. The van der Waals surface area contributed by atoms with Gasteiger partial charge < -0.3 is 14.9 Å². The average molecular weight is 217 g/mol. The maximum absolute atomic E-state index is 4.87. The van der Waals surface area contributed by atoms with Crippen molar-refractivity contribution in [2.45, 2.75) is 12.5 Å². The van der Waals surface area contributed by atoms with E-state index in [4.69, 9.17) is 9.47 Å². The number of ether oxygens (including phenoxy) is 2. The van der Waals surface area contributed by atoms with E-state index in [-0.39, 0.29) is 12.5 Å². The third-order valence-corrected chi connectivity index (χ3v) is 1.55. The molecule has 0 aliphatic carbocycles. The molecule has 15 heavy (non-hydrogen) atoms. The first-order valence-electron chi connectivity index (χ1n) is 4.19. The highest BCUT2D eigenvalue weighted by Gasteiger charge is 2.30. The number of nitrogens with one attached hydrogen (secondary N) is 1. The second-order valence-electron chi connectivity index (χ2n) is 2.83. The summed E-state index contributed by atoms with van der Waals surface area (Å²) in [6.45, 7) is 8.10. The molecule has 0 bridgehead atoms. The third kappa shape index (κ3) is 3.67. The van der Waals surface area contributed by atoms with Gasteiger partial charge in [0, 0.05) is 5.64 Å². The molecule has 2 atom stereocenters. The van der Waals surface area contributed by atoms with Crippen molar-refractivity contribution in [1.82, 2.24) is 5.64 Å². The molecule has 9 nitrogen and oxygen atoms in total. The molecule has 2 fully saturated rings. The van der Waals surface area contributed by atoms with Crippen LogP contribution in [0, 0.1) is 0 Å². The topological polar surface area (TPSA) is 89.8 Å². The molecule has 2 saturated heterocycles. The summed E-state index contributed by atoms with van der Waals surface area (Å²) in [5.74, 6) is 0. The van der Waals surface area contributed by atoms with Gasteiger partial charge >= 0.3 is 0 Å². The molecule has 0 saturated carbocycles. The van der Waals surface area contributed by atoms with Gasteiger partial charge in [0.25, 0.3) is 6.23 Å². The Hall–Kier alpha value is -1.42. The number of epoxide rings is 2. The van der Waals surface area contributed by atoms with Gasteiger partial charge in [-0.3, -0.25) is 10.5 Å². The molecule has 0 amide bonds. The highest BCUT2D eigenvalue weighted by molar-refractivity contribution is 5.15. The standard InChI is InChI=1S/C6H11N5O4/c1-10(6-4-13-6)8-14-9-15-11(2)7-5-3-12-5/h5-6,9H,1-4H2. The van der Waals surface area contributed by atoms with E-state index in [2.05, 4.69) is 34.3 Å². The Kier molecular flexibility index (Phi) is 2.97. The number of hydrogen-bond acceptors (Lipinski definition) is 5. The fourth-order valence-electron chi connectivity index (χ4n) is 0.673. The van der Waals surface area contributed by atoms with E-state index in [1.54, 1.807) is 0 Å². The summed E-state index contributed by atoms with van der Waals surface area (Å²) in [4.78, 5) is 10.1. The van der Waals surface area contributed by atoms with Crippen molar-refractivity contribution < 1.29 is 28.9 Å². The van der Waals surface area contributed by atoms with Gasteiger partial charge in [0.15, 0.2) is 6.72 Å². The van der Waals surface area contributed by atoms with Crippen molar-refractivity contribution in [3.05, 3.63) is 11.0 Å². The van der Waals surface area contributed by atoms with Crippen molar-refractivity contribution in [2.75, 3.05) is 13.2 Å². The zero-order valence-electron chi connectivity index (χ0n) is 7.90. The summed E-state index contributed by atoms with van der Waals surface area (Å²) in [5.41, 5.74) is 9.32. The Balaban J connectivity index is 1.46. The normalized spacial score (nSPS) is 26.7. The van der Waals surface area contributed by atoms with Crippen LogP contribution in [0.5, 0.6) is 0 Å². The summed E-state index contributed by atoms with van der Waals surface area (Å²) >= 11 is 0. The first kappa shape index (κ1) is 10.1. The summed E-state index contributed by atoms with van der Waals surface area (Å²) in [6.07, 6.45) is -0.294. The Morgan fingerprint density at radius 1 is 1.33 bits per heavy atom. The van der Waals surface area contributed by atoms with E-state index in [0.717, 1.165) is 4.85 Å². The number of rotatable bonds is 8. The van der Waals surface area contributed by atoms with Gasteiger partial charge in [0.05, 0.1) is 12.8 Å². The molecule has 2 unspecified atom stereocenters. The highest BCUT2D eigenvalue weighted by atomic mass is 17.0. The van der Waals surface area contributed by atoms with Crippen LogP contribution in [0.4, 0.5) is 0 Å². The SMILES string of the molecule is C=[N+]([N-]C1CO1)ONO[N-][N+](=C)C1CO1. The largest absolute Gasteiger partial charge is 0.389 e. The molecule has 2 aliphatic heterocycles. The van der Waals surface area contributed by atoms with Crippen molar-refractivity contribution in [3.8, 4) is 0 Å². The van der Waals surface area contributed by atoms with Gasteiger partial charge in [-0.15, -0.1) is 0 Å². The van der Waals surface area contributed by atoms with E-state index in [0.29, 0.717) is 13.2 Å². The third-order valence-electron chi connectivity index (χ3n) is 1.55. The lowest BCUT2D eigenvalue weighted by molar-refractivity contribution is -0.786. The molecule has 0 aromatic rings. The molecule has 9 heteroatoms. The minimum absolute atomic E-state index is 0.118. The van der Waals surface area contributed by atoms with Gasteiger partial charge in [-0.25, -0.2) is 4.68 Å². The van der Waals surface area contributed by atoms with Crippen LogP contribution in [0.2, 0.25) is 0 Å². The van der Waals surface area contributed by atoms with Gasteiger partial charge in [-0.1, -0.05) is 0 Å². The lowest BCUT2D eigenvalue weighted by Crippen LogP contribution is -2.22. The molecule has 0 spiro atoms. The molecule has 0 aromatic carbocycles. The van der Waals surface area contributed by atoms with Crippen molar-refractivity contribution in [1.29, 1.82) is 0 Å². The molecule has 2 heterocycles. The summed E-state index contributed by atoms with van der Waals surface area (Å²) in [6, 6.07) is 0. The van der Waals surface area contributed by atoms with Gasteiger partial charge in [0.1, 0.15) is 13.3 Å². The minimum Gasteiger partial charge on any atom is -0.389 e. The maximum Gasteiger partial charge on any atom is 0.278 e.